The third-order valence-electron chi connectivity index (χ3n) is 1.59. The van der Waals surface area contributed by atoms with Crippen LogP contribution >= 0.6 is 27.5 Å². The molecule has 0 fully saturated rings. The predicted molar refractivity (Wildman–Crippen MR) is 52.0 cm³/mol. The van der Waals surface area contributed by atoms with Crippen molar-refractivity contribution in [3.8, 4) is 0 Å². The lowest BCUT2D eigenvalue weighted by Gasteiger charge is -2.04. The number of hydrogen-bond donors (Lipinski definition) is 0. The highest BCUT2D eigenvalue weighted by atomic mass is 79.9. The fourth-order valence-corrected chi connectivity index (χ4v) is 1.53. The molecule has 0 N–H and O–H groups in total. The highest BCUT2D eigenvalue weighted by Crippen LogP contribution is 2.21. The smallest absolute Gasteiger partial charge is 0.276 e. The van der Waals surface area contributed by atoms with E-state index in [2.05, 4.69) is 20.9 Å². The lowest BCUT2D eigenvalue weighted by atomic mass is 10.1. The number of halogens is 4. The maximum Gasteiger partial charge on any atom is 0.280 e. The zero-order valence-corrected chi connectivity index (χ0v) is 9.15. The summed E-state index contributed by atoms with van der Waals surface area (Å²) in [7, 11) is 0. The van der Waals surface area contributed by atoms with Crippen LogP contribution in [0, 0.1) is 0 Å². The first-order valence-corrected chi connectivity index (χ1v) is 5.09. The average Bonchev–Trinajstić information content (AvgIpc) is 2.16. The van der Waals surface area contributed by atoms with E-state index in [1.807, 2.05) is 0 Å². The molecule has 2 nitrogen and oxygen atoms in total. The fourth-order valence-electron chi connectivity index (χ4n) is 0.909. The molecule has 1 aromatic rings. The normalized spacial score (nSPS) is 10.6. The molecule has 1 aromatic heterocycles. The van der Waals surface area contributed by atoms with Gasteiger partial charge in [0.05, 0.1) is 0 Å². The largest absolute Gasteiger partial charge is 0.280 e. The van der Waals surface area contributed by atoms with E-state index in [9.17, 15) is 13.6 Å². The lowest BCUT2D eigenvalue weighted by molar-refractivity contribution is 0.108. The summed E-state index contributed by atoms with van der Waals surface area (Å²) in [6.45, 7) is 0. The second-order valence-corrected chi connectivity index (χ2v) is 3.38. The Kier molecular flexibility index (Phi) is 3.95. The number of alkyl halides is 3. The Morgan fingerprint density at radius 1 is 1.64 bits per heavy atom. The summed E-state index contributed by atoms with van der Waals surface area (Å²) in [6, 6.07) is 1.01. The molecular formula is C8H5BrClF2NO. The first-order chi connectivity index (χ1) is 6.56. The third-order valence-corrected chi connectivity index (χ3v) is 2.39. The summed E-state index contributed by atoms with van der Waals surface area (Å²) >= 11 is 8.33. The van der Waals surface area contributed by atoms with Gasteiger partial charge >= 0.3 is 0 Å². The number of carbonyl (C=O) groups excluding carboxylic acids is 1. The van der Waals surface area contributed by atoms with E-state index in [1.165, 1.54) is 6.20 Å². The van der Waals surface area contributed by atoms with Gasteiger partial charge in [-0.1, -0.05) is 15.9 Å². The minimum Gasteiger partial charge on any atom is -0.276 e. The van der Waals surface area contributed by atoms with Crippen molar-refractivity contribution < 1.29 is 13.6 Å². The van der Waals surface area contributed by atoms with Crippen molar-refractivity contribution in [1.82, 2.24) is 4.98 Å². The Hall–Kier alpha value is -0.550. The van der Waals surface area contributed by atoms with Crippen LogP contribution in [-0.4, -0.2) is 10.2 Å². The van der Waals surface area contributed by atoms with Crippen LogP contribution in [0.25, 0.3) is 0 Å². The standard InChI is InChI=1S/C8H5BrClF2NO/c9-2-4-3-13-6(8(11)12)1-5(4)7(10)14/h1,3,8H,2H2. The molecule has 76 valence electrons. The van der Waals surface area contributed by atoms with E-state index in [-0.39, 0.29) is 5.56 Å². The Morgan fingerprint density at radius 3 is 2.71 bits per heavy atom. The molecule has 0 unspecified atom stereocenters. The van der Waals surface area contributed by atoms with E-state index < -0.39 is 17.4 Å². The van der Waals surface area contributed by atoms with Crippen molar-refractivity contribution in [2.45, 2.75) is 11.8 Å². The van der Waals surface area contributed by atoms with Gasteiger partial charge in [0.25, 0.3) is 11.7 Å². The molecule has 0 spiro atoms. The summed E-state index contributed by atoms with van der Waals surface area (Å²) in [5, 5.41) is -0.416. The molecule has 0 saturated carbocycles. The average molecular weight is 284 g/mol. The van der Waals surface area contributed by atoms with Crippen molar-refractivity contribution in [2.75, 3.05) is 0 Å². The molecule has 1 rings (SSSR count). The summed E-state index contributed by atoms with van der Waals surface area (Å²) in [5.41, 5.74) is 0.113. The molecule has 0 saturated heterocycles. The van der Waals surface area contributed by atoms with Gasteiger partial charge in [-0.25, -0.2) is 8.78 Å². The van der Waals surface area contributed by atoms with Gasteiger partial charge in [-0.3, -0.25) is 9.78 Å². The van der Waals surface area contributed by atoms with Crippen LogP contribution in [-0.2, 0) is 5.33 Å². The minimum atomic E-state index is -2.70. The van der Waals surface area contributed by atoms with Crippen LogP contribution < -0.4 is 0 Å². The minimum absolute atomic E-state index is 0.0637. The maximum absolute atomic E-state index is 12.2. The van der Waals surface area contributed by atoms with Crippen LogP contribution in [0.2, 0.25) is 0 Å². The second kappa shape index (κ2) is 4.79. The van der Waals surface area contributed by atoms with Crippen LogP contribution in [0.15, 0.2) is 12.3 Å². The van der Waals surface area contributed by atoms with Gasteiger partial charge in [0.2, 0.25) is 0 Å². The van der Waals surface area contributed by atoms with Gasteiger partial charge < -0.3 is 0 Å². The van der Waals surface area contributed by atoms with Gasteiger partial charge in [-0.2, -0.15) is 0 Å². The number of carbonyl (C=O) groups is 1. The van der Waals surface area contributed by atoms with Gasteiger partial charge in [0.15, 0.2) is 0 Å². The van der Waals surface area contributed by atoms with Gasteiger partial charge in [0, 0.05) is 17.1 Å². The van der Waals surface area contributed by atoms with Crippen LogP contribution in [0.5, 0.6) is 0 Å². The van der Waals surface area contributed by atoms with E-state index in [4.69, 9.17) is 11.6 Å². The Bertz CT molecular complexity index is 359. The maximum atomic E-state index is 12.2. The summed E-state index contributed by atoms with van der Waals surface area (Å²) in [6.07, 6.45) is -1.49. The molecule has 0 atom stereocenters. The van der Waals surface area contributed by atoms with Crippen molar-refractivity contribution >= 4 is 32.8 Å². The molecule has 1 heterocycles. The SMILES string of the molecule is O=C(Cl)c1cc(C(F)F)ncc1CBr. The molecule has 0 bridgehead atoms. The predicted octanol–water partition coefficient (Wildman–Crippen LogP) is 3.29. The summed E-state index contributed by atoms with van der Waals surface area (Å²) in [4.78, 5) is 14.4. The van der Waals surface area contributed by atoms with E-state index >= 15 is 0 Å². The van der Waals surface area contributed by atoms with Crippen molar-refractivity contribution in [2.24, 2.45) is 0 Å². The molecule has 0 amide bonds. The second-order valence-electron chi connectivity index (χ2n) is 2.47. The van der Waals surface area contributed by atoms with Crippen molar-refractivity contribution in [1.29, 1.82) is 0 Å². The van der Waals surface area contributed by atoms with Crippen LogP contribution in [0.1, 0.15) is 28.0 Å². The first kappa shape index (κ1) is 11.5. The molecule has 0 aliphatic rings. The zero-order valence-electron chi connectivity index (χ0n) is 6.81. The Morgan fingerprint density at radius 2 is 2.29 bits per heavy atom. The van der Waals surface area contributed by atoms with Gasteiger partial charge in [0.1, 0.15) is 5.69 Å². The Balaban J connectivity index is 3.21. The summed E-state index contributed by atoms with van der Waals surface area (Å²) < 4.78 is 24.4. The van der Waals surface area contributed by atoms with Crippen molar-refractivity contribution in [3.63, 3.8) is 0 Å². The topological polar surface area (TPSA) is 30.0 Å². The van der Waals surface area contributed by atoms with Crippen LogP contribution in [0.3, 0.4) is 0 Å². The third kappa shape index (κ3) is 2.48. The van der Waals surface area contributed by atoms with Crippen molar-refractivity contribution in [3.05, 3.63) is 29.1 Å². The molecule has 14 heavy (non-hydrogen) atoms. The number of pyridine rings is 1. The van der Waals surface area contributed by atoms with Gasteiger partial charge in [-0.15, -0.1) is 0 Å². The number of hydrogen-bond acceptors (Lipinski definition) is 2. The molecule has 0 radical (unpaired) electrons. The zero-order chi connectivity index (χ0) is 10.7. The number of nitrogens with zero attached hydrogens (tertiary/aromatic N) is 1. The molecule has 0 aromatic carbocycles. The highest BCUT2D eigenvalue weighted by molar-refractivity contribution is 9.08. The van der Waals surface area contributed by atoms with E-state index in [1.54, 1.807) is 0 Å². The molecule has 6 heteroatoms. The fraction of sp³-hybridized carbons (Fsp3) is 0.250. The summed E-state index contributed by atoms with van der Waals surface area (Å²) in [5.74, 6) is 0. The van der Waals surface area contributed by atoms with E-state index in [0.717, 1.165) is 6.07 Å². The number of aromatic nitrogens is 1. The first-order valence-electron chi connectivity index (χ1n) is 3.59. The van der Waals surface area contributed by atoms with E-state index in [0.29, 0.717) is 10.9 Å². The molecular weight excluding hydrogens is 279 g/mol. The quantitative estimate of drug-likeness (QED) is 0.630. The Labute approximate surface area is 92.4 Å². The monoisotopic (exact) mass is 283 g/mol. The molecule has 0 aliphatic heterocycles. The number of rotatable bonds is 3. The molecule has 0 aliphatic carbocycles. The highest BCUT2D eigenvalue weighted by Gasteiger charge is 2.15. The van der Waals surface area contributed by atoms with Crippen LogP contribution in [0.4, 0.5) is 8.78 Å². The van der Waals surface area contributed by atoms with Gasteiger partial charge in [-0.05, 0) is 23.2 Å². The lowest BCUT2D eigenvalue weighted by Crippen LogP contribution is -2.00.